The molecule has 0 radical (unpaired) electrons. The van der Waals surface area contributed by atoms with E-state index < -0.39 is 0 Å². The zero-order valence-electron chi connectivity index (χ0n) is 10.1. The number of hydrogen-bond donors (Lipinski definition) is 1. The minimum Gasteiger partial charge on any atom is -0.377 e. The van der Waals surface area contributed by atoms with Gasteiger partial charge in [-0.15, -0.1) is 0 Å². The summed E-state index contributed by atoms with van der Waals surface area (Å²) < 4.78 is 26.9. The highest BCUT2D eigenvalue weighted by atomic mass is 79.9. The van der Waals surface area contributed by atoms with Crippen LogP contribution in [-0.2, 0) is 0 Å². The van der Waals surface area contributed by atoms with Crippen molar-refractivity contribution in [2.45, 2.75) is 13.0 Å². The van der Waals surface area contributed by atoms with Crippen LogP contribution in [0.5, 0.6) is 0 Å². The summed E-state index contributed by atoms with van der Waals surface area (Å²) in [7, 11) is 0. The van der Waals surface area contributed by atoms with E-state index in [0.29, 0.717) is 15.2 Å². The molecule has 0 spiro atoms. The van der Waals surface area contributed by atoms with Crippen LogP contribution in [0.2, 0.25) is 5.02 Å². The molecule has 100 valence electrons. The third-order valence-corrected chi connectivity index (χ3v) is 3.75. The molecule has 2 aromatic carbocycles. The largest absolute Gasteiger partial charge is 0.377 e. The SMILES string of the molecule is CC(Nc1cc(F)ccc1Cl)c1ccc(F)cc1Br. The molecule has 0 amide bonds. The Morgan fingerprint density at radius 3 is 2.42 bits per heavy atom. The minimum atomic E-state index is -0.364. The smallest absolute Gasteiger partial charge is 0.125 e. The zero-order valence-corrected chi connectivity index (χ0v) is 12.4. The van der Waals surface area contributed by atoms with Crippen molar-refractivity contribution in [3.63, 3.8) is 0 Å². The van der Waals surface area contributed by atoms with Gasteiger partial charge in [0.25, 0.3) is 0 Å². The van der Waals surface area contributed by atoms with Gasteiger partial charge >= 0.3 is 0 Å². The number of anilines is 1. The van der Waals surface area contributed by atoms with Crippen LogP contribution in [0, 0.1) is 11.6 Å². The van der Waals surface area contributed by atoms with Crippen molar-refractivity contribution in [2.75, 3.05) is 5.32 Å². The summed E-state index contributed by atoms with van der Waals surface area (Å²) in [6, 6.07) is 8.42. The summed E-state index contributed by atoms with van der Waals surface area (Å²) in [5, 5.41) is 3.54. The quantitative estimate of drug-likeness (QED) is 0.768. The molecule has 0 heterocycles. The predicted octanol–water partition coefficient (Wildman–Crippen LogP) is 5.55. The summed E-state index contributed by atoms with van der Waals surface area (Å²) in [6.07, 6.45) is 0. The van der Waals surface area contributed by atoms with Gasteiger partial charge < -0.3 is 5.32 Å². The van der Waals surface area contributed by atoms with E-state index in [1.807, 2.05) is 6.92 Å². The molecule has 1 unspecified atom stereocenters. The van der Waals surface area contributed by atoms with Crippen molar-refractivity contribution in [1.29, 1.82) is 0 Å². The van der Waals surface area contributed by atoms with Gasteiger partial charge in [0.05, 0.1) is 10.7 Å². The van der Waals surface area contributed by atoms with E-state index in [0.717, 1.165) is 5.56 Å². The lowest BCUT2D eigenvalue weighted by Gasteiger charge is -2.18. The van der Waals surface area contributed by atoms with Crippen molar-refractivity contribution in [1.82, 2.24) is 0 Å². The lowest BCUT2D eigenvalue weighted by Crippen LogP contribution is -2.08. The first-order valence-corrected chi connectivity index (χ1v) is 6.81. The highest BCUT2D eigenvalue weighted by Gasteiger charge is 2.12. The monoisotopic (exact) mass is 345 g/mol. The van der Waals surface area contributed by atoms with E-state index in [9.17, 15) is 8.78 Å². The second-order valence-electron chi connectivity index (χ2n) is 4.16. The average molecular weight is 347 g/mol. The molecule has 19 heavy (non-hydrogen) atoms. The van der Waals surface area contributed by atoms with Crippen molar-refractivity contribution in [3.8, 4) is 0 Å². The summed E-state index contributed by atoms with van der Waals surface area (Å²) in [5.74, 6) is -0.677. The minimum absolute atomic E-state index is 0.144. The Balaban J connectivity index is 2.25. The van der Waals surface area contributed by atoms with Crippen LogP contribution in [0.3, 0.4) is 0 Å². The van der Waals surface area contributed by atoms with Gasteiger partial charge in [-0.25, -0.2) is 8.78 Å². The Morgan fingerprint density at radius 1 is 1.11 bits per heavy atom. The molecule has 0 saturated carbocycles. The maximum absolute atomic E-state index is 13.2. The first-order valence-electron chi connectivity index (χ1n) is 5.64. The van der Waals surface area contributed by atoms with Crippen LogP contribution in [0.15, 0.2) is 40.9 Å². The van der Waals surface area contributed by atoms with Gasteiger partial charge in [-0.2, -0.15) is 0 Å². The number of rotatable bonds is 3. The van der Waals surface area contributed by atoms with Gasteiger partial charge in [0.1, 0.15) is 11.6 Å². The van der Waals surface area contributed by atoms with E-state index in [1.165, 1.54) is 30.3 Å². The molecular weight excluding hydrogens is 336 g/mol. The Labute approximate surface area is 123 Å². The highest BCUT2D eigenvalue weighted by molar-refractivity contribution is 9.10. The fourth-order valence-corrected chi connectivity index (χ4v) is 2.64. The molecule has 0 aliphatic heterocycles. The summed E-state index contributed by atoms with van der Waals surface area (Å²) >= 11 is 9.30. The zero-order chi connectivity index (χ0) is 14.0. The van der Waals surface area contributed by atoms with Crippen LogP contribution in [-0.4, -0.2) is 0 Å². The predicted molar refractivity (Wildman–Crippen MR) is 77.5 cm³/mol. The van der Waals surface area contributed by atoms with E-state index in [-0.39, 0.29) is 17.7 Å². The van der Waals surface area contributed by atoms with Crippen LogP contribution >= 0.6 is 27.5 Å². The van der Waals surface area contributed by atoms with Gasteiger partial charge in [0, 0.05) is 10.5 Å². The molecule has 1 N–H and O–H groups in total. The van der Waals surface area contributed by atoms with E-state index >= 15 is 0 Å². The molecule has 5 heteroatoms. The van der Waals surface area contributed by atoms with Crippen LogP contribution in [0.1, 0.15) is 18.5 Å². The number of nitrogens with one attached hydrogen (secondary N) is 1. The average Bonchev–Trinajstić information content (AvgIpc) is 2.33. The normalized spacial score (nSPS) is 12.3. The van der Waals surface area contributed by atoms with Crippen molar-refractivity contribution in [2.24, 2.45) is 0 Å². The molecule has 2 aromatic rings. The highest BCUT2D eigenvalue weighted by Crippen LogP contribution is 2.30. The van der Waals surface area contributed by atoms with Crippen LogP contribution in [0.25, 0.3) is 0 Å². The molecule has 0 aliphatic carbocycles. The molecule has 0 aliphatic rings. The van der Waals surface area contributed by atoms with E-state index in [2.05, 4.69) is 21.2 Å². The van der Waals surface area contributed by atoms with Gasteiger partial charge in [-0.3, -0.25) is 0 Å². The molecule has 2 rings (SSSR count). The number of benzene rings is 2. The number of halogens is 4. The second-order valence-corrected chi connectivity index (χ2v) is 5.42. The first-order chi connectivity index (χ1) is 8.97. The van der Waals surface area contributed by atoms with Gasteiger partial charge in [-0.1, -0.05) is 33.6 Å². The van der Waals surface area contributed by atoms with Crippen molar-refractivity contribution >= 4 is 33.2 Å². The Hall–Kier alpha value is -1.13. The van der Waals surface area contributed by atoms with Crippen molar-refractivity contribution < 1.29 is 8.78 Å². The lowest BCUT2D eigenvalue weighted by molar-refractivity contribution is 0.625. The number of hydrogen-bond acceptors (Lipinski definition) is 1. The van der Waals surface area contributed by atoms with Gasteiger partial charge in [0.2, 0.25) is 0 Å². The molecular formula is C14H11BrClF2N. The summed E-state index contributed by atoms with van der Waals surface area (Å²) in [5.41, 5.74) is 1.37. The van der Waals surface area contributed by atoms with Crippen molar-refractivity contribution in [3.05, 3.63) is 63.1 Å². The molecule has 1 atom stereocenters. The van der Waals surface area contributed by atoms with Gasteiger partial charge in [0.15, 0.2) is 0 Å². The second kappa shape index (κ2) is 5.88. The third kappa shape index (κ3) is 3.45. The topological polar surface area (TPSA) is 12.0 Å². The maximum Gasteiger partial charge on any atom is 0.125 e. The maximum atomic E-state index is 13.2. The van der Waals surface area contributed by atoms with Gasteiger partial charge in [-0.05, 0) is 42.8 Å². The van der Waals surface area contributed by atoms with Crippen LogP contribution < -0.4 is 5.32 Å². The first kappa shape index (κ1) is 14.3. The summed E-state index contributed by atoms with van der Waals surface area (Å²) in [4.78, 5) is 0. The molecule has 0 saturated heterocycles. The third-order valence-electron chi connectivity index (χ3n) is 2.73. The fourth-order valence-electron chi connectivity index (χ4n) is 1.77. The summed E-state index contributed by atoms with van der Waals surface area (Å²) in [6.45, 7) is 1.89. The van der Waals surface area contributed by atoms with E-state index in [4.69, 9.17) is 11.6 Å². The fraction of sp³-hybridized carbons (Fsp3) is 0.143. The standard InChI is InChI=1S/C14H11BrClF2N/c1-8(11-4-2-9(17)6-12(11)15)19-14-7-10(18)3-5-13(14)16/h2-8,19H,1H3. The lowest BCUT2D eigenvalue weighted by atomic mass is 10.1. The van der Waals surface area contributed by atoms with Crippen LogP contribution in [0.4, 0.5) is 14.5 Å². The molecule has 0 aromatic heterocycles. The Kier molecular flexibility index (Phi) is 4.42. The Bertz CT molecular complexity index is 604. The van der Waals surface area contributed by atoms with E-state index in [1.54, 1.807) is 6.07 Å². The molecule has 1 nitrogen and oxygen atoms in total. The molecule has 0 fully saturated rings. The Morgan fingerprint density at radius 2 is 1.74 bits per heavy atom. The molecule has 0 bridgehead atoms.